The van der Waals surface area contributed by atoms with Crippen molar-refractivity contribution in [2.24, 2.45) is 0 Å². The number of aryl methyl sites for hydroxylation is 1. The highest BCUT2D eigenvalue weighted by Crippen LogP contribution is 2.09. The van der Waals surface area contributed by atoms with Crippen molar-refractivity contribution < 1.29 is 9.00 Å². The monoisotopic (exact) mass is 296 g/mol. The highest BCUT2D eigenvalue weighted by atomic mass is 32.2. The van der Waals surface area contributed by atoms with Crippen LogP contribution in [-0.2, 0) is 10.8 Å². The van der Waals surface area contributed by atoms with Crippen molar-refractivity contribution in [1.29, 1.82) is 0 Å². The molecule has 5 heteroatoms. The number of hydrogen-bond donors (Lipinski definition) is 2. The molecule has 0 aromatic heterocycles. The summed E-state index contributed by atoms with van der Waals surface area (Å²) >= 11 is 0. The van der Waals surface area contributed by atoms with Crippen LogP contribution >= 0.6 is 0 Å². The molecule has 0 fully saturated rings. The van der Waals surface area contributed by atoms with E-state index in [1.54, 1.807) is 0 Å². The van der Waals surface area contributed by atoms with Crippen LogP contribution in [0.2, 0.25) is 0 Å². The van der Waals surface area contributed by atoms with E-state index in [-0.39, 0.29) is 12.1 Å². The van der Waals surface area contributed by atoms with Gasteiger partial charge in [-0.15, -0.1) is 0 Å². The molecule has 0 aliphatic heterocycles. The Hall–Kier alpha value is -1.36. The number of carbonyl (C=O) groups is 1. The van der Waals surface area contributed by atoms with Crippen LogP contribution in [-0.4, -0.2) is 28.6 Å². The summed E-state index contributed by atoms with van der Waals surface area (Å²) in [6, 6.07) is 7.79. The van der Waals surface area contributed by atoms with Gasteiger partial charge in [-0.1, -0.05) is 17.7 Å². The summed E-state index contributed by atoms with van der Waals surface area (Å²) < 4.78 is 12.0. The molecule has 1 atom stereocenters. The largest absolute Gasteiger partial charge is 0.338 e. The fraction of sp³-hybridized carbons (Fsp3) is 0.533. The van der Waals surface area contributed by atoms with E-state index in [2.05, 4.69) is 10.6 Å². The van der Waals surface area contributed by atoms with Gasteiger partial charge in [-0.05, 0) is 45.7 Å². The lowest BCUT2D eigenvalue weighted by Crippen LogP contribution is -2.39. The average molecular weight is 296 g/mol. The molecule has 0 radical (unpaired) electrons. The Bertz CT molecular complexity index is 444. The molecule has 1 aromatic rings. The number of hydrogen-bond acceptors (Lipinski definition) is 2. The number of urea groups is 1. The molecular formula is C15H24N2O2S. The van der Waals surface area contributed by atoms with Gasteiger partial charge in [0.2, 0.25) is 0 Å². The SMILES string of the molecule is Cc1ccc(S(=O)CCCCNC(=O)NC(C)C)cc1. The molecule has 4 nitrogen and oxygen atoms in total. The van der Waals surface area contributed by atoms with E-state index >= 15 is 0 Å². The van der Waals surface area contributed by atoms with E-state index in [0.717, 1.165) is 17.7 Å². The third-order valence-electron chi connectivity index (χ3n) is 2.75. The van der Waals surface area contributed by atoms with Crippen LogP contribution in [0.3, 0.4) is 0 Å². The number of rotatable bonds is 7. The minimum atomic E-state index is -0.943. The maximum Gasteiger partial charge on any atom is 0.314 e. The van der Waals surface area contributed by atoms with Crippen molar-refractivity contribution >= 4 is 16.8 Å². The molecule has 2 amide bonds. The smallest absolute Gasteiger partial charge is 0.314 e. The van der Waals surface area contributed by atoms with Crippen LogP contribution in [0.5, 0.6) is 0 Å². The van der Waals surface area contributed by atoms with Crippen LogP contribution < -0.4 is 10.6 Å². The first-order valence-electron chi connectivity index (χ1n) is 6.98. The predicted octanol–water partition coefficient (Wildman–Crippen LogP) is 2.59. The van der Waals surface area contributed by atoms with Gasteiger partial charge >= 0.3 is 6.03 Å². The summed E-state index contributed by atoms with van der Waals surface area (Å²) in [7, 11) is -0.943. The summed E-state index contributed by atoms with van der Waals surface area (Å²) in [4.78, 5) is 12.2. The van der Waals surface area contributed by atoms with E-state index < -0.39 is 10.8 Å². The van der Waals surface area contributed by atoms with Gasteiger partial charge < -0.3 is 10.6 Å². The van der Waals surface area contributed by atoms with Crippen molar-refractivity contribution in [2.75, 3.05) is 12.3 Å². The van der Waals surface area contributed by atoms with Gasteiger partial charge in [0.15, 0.2) is 0 Å². The van der Waals surface area contributed by atoms with Gasteiger partial charge in [-0.25, -0.2) is 4.79 Å². The van der Waals surface area contributed by atoms with Gasteiger partial charge in [0, 0.05) is 23.2 Å². The zero-order valence-electron chi connectivity index (χ0n) is 12.4. The van der Waals surface area contributed by atoms with Gasteiger partial charge in [-0.3, -0.25) is 4.21 Å². The van der Waals surface area contributed by atoms with Gasteiger partial charge in [0.1, 0.15) is 0 Å². The van der Waals surface area contributed by atoms with Gasteiger partial charge in [-0.2, -0.15) is 0 Å². The minimum Gasteiger partial charge on any atom is -0.338 e. The lowest BCUT2D eigenvalue weighted by atomic mass is 10.2. The van der Waals surface area contributed by atoms with Crippen molar-refractivity contribution in [3.63, 3.8) is 0 Å². The Morgan fingerprint density at radius 2 is 1.85 bits per heavy atom. The second kappa shape index (κ2) is 8.74. The Balaban J connectivity index is 2.16. The maximum atomic E-state index is 12.0. The molecule has 20 heavy (non-hydrogen) atoms. The molecule has 0 saturated carbocycles. The standard InChI is InChI=1S/C15H24N2O2S/c1-12(2)17-15(18)16-10-4-5-11-20(19)14-8-6-13(3)7-9-14/h6-9,12H,4-5,10-11H2,1-3H3,(H2,16,17,18). The normalized spacial score (nSPS) is 12.2. The zero-order valence-corrected chi connectivity index (χ0v) is 13.3. The van der Waals surface area contributed by atoms with Gasteiger partial charge in [0.05, 0.1) is 10.8 Å². The van der Waals surface area contributed by atoms with Crippen LogP contribution in [0.25, 0.3) is 0 Å². The van der Waals surface area contributed by atoms with E-state index in [0.29, 0.717) is 12.3 Å². The summed E-state index contributed by atoms with van der Waals surface area (Å²) in [5.74, 6) is 0.635. The first-order chi connectivity index (χ1) is 9.49. The quantitative estimate of drug-likeness (QED) is 0.760. The van der Waals surface area contributed by atoms with Crippen LogP contribution in [0.1, 0.15) is 32.3 Å². The molecule has 112 valence electrons. The Kier molecular flexibility index (Phi) is 7.30. The van der Waals surface area contributed by atoms with Crippen LogP contribution in [0.4, 0.5) is 4.79 Å². The highest BCUT2D eigenvalue weighted by molar-refractivity contribution is 7.85. The summed E-state index contributed by atoms with van der Waals surface area (Å²) in [5.41, 5.74) is 1.17. The van der Waals surface area contributed by atoms with Crippen molar-refractivity contribution in [3.8, 4) is 0 Å². The fourth-order valence-corrected chi connectivity index (χ4v) is 2.82. The highest BCUT2D eigenvalue weighted by Gasteiger charge is 2.04. The van der Waals surface area contributed by atoms with Crippen molar-refractivity contribution in [1.82, 2.24) is 10.6 Å². The van der Waals surface area contributed by atoms with Crippen molar-refractivity contribution in [3.05, 3.63) is 29.8 Å². The zero-order chi connectivity index (χ0) is 15.0. The number of benzene rings is 1. The average Bonchev–Trinajstić information content (AvgIpc) is 2.38. The van der Waals surface area contributed by atoms with Crippen molar-refractivity contribution in [2.45, 2.75) is 44.6 Å². The molecule has 0 aliphatic rings. The second-order valence-electron chi connectivity index (χ2n) is 5.12. The third kappa shape index (κ3) is 6.70. The van der Waals surface area contributed by atoms with E-state index in [9.17, 15) is 9.00 Å². The lowest BCUT2D eigenvalue weighted by Gasteiger charge is -2.09. The maximum absolute atomic E-state index is 12.0. The van der Waals surface area contributed by atoms with E-state index in [4.69, 9.17) is 0 Å². The van der Waals surface area contributed by atoms with Gasteiger partial charge in [0.25, 0.3) is 0 Å². The lowest BCUT2D eigenvalue weighted by molar-refractivity contribution is 0.238. The summed E-state index contributed by atoms with van der Waals surface area (Å²) in [6.07, 6.45) is 1.67. The molecule has 1 aromatic carbocycles. The third-order valence-corrected chi connectivity index (χ3v) is 4.20. The first-order valence-corrected chi connectivity index (χ1v) is 8.30. The minimum absolute atomic E-state index is 0.139. The molecular weight excluding hydrogens is 272 g/mol. The topological polar surface area (TPSA) is 58.2 Å². The van der Waals surface area contributed by atoms with Crippen LogP contribution in [0, 0.1) is 6.92 Å². The Morgan fingerprint density at radius 1 is 1.20 bits per heavy atom. The molecule has 0 heterocycles. The first kappa shape index (κ1) is 16.7. The molecule has 2 N–H and O–H groups in total. The van der Waals surface area contributed by atoms with E-state index in [1.807, 2.05) is 45.0 Å². The van der Waals surface area contributed by atoms with E-state index in [1.165, 1.54) is 5.56 Å². The Morgan fingerprint density at radius 3 is 2.45 bits per heavy atom. The van der Waals surface area contributed by atoms with Crippen LogP contribution in [0.15, 0.2) is 29.2 Å². The second-order valence-corrected chi connectivity index (χ2v) is 6.70. The molecule has 1 unspecified atom stereocenters. The number of unbranched alkanes of at least 4 members (excludes halogenated alkanes) is 1. The number of nitrogens with one attached hydrogen (secondary N) is 2. The number of amides is 2. The number of carbonyl (C=O) groups excluding carboxylic acids is 1. The molecule has 1 rings (SSSR count). The predicted molar refractivity (Wildman–Crippen MR) is 83.4 cm³/mol. The fourth-order valence-electron chi connectivity index (χ4n) is 1.68. The summed E-state index contributed by atoms with van der Waals surface area (Å²) in [5, 5.41) is 5.55. The Labute approximate surface area is 123 Å². The molecule has 0 aliphatic carbocycles. The summed E-state index contributed by atoms with van der Waals surface area (Å²) in [6.45, 7) is 6.47. The molecule has 0 spiro atoms. The molecule has 0 bridgehead atoms. The molecule has 0 saturated heterocycles.